The second-order valence-electron chi connectivity index (χ2n) is 4.72. The van der Waals surface area contributed by atoms with Crippen LogP contribution in [0.25, 0.3) is 0 Å². The molecule has 0 atom stereocenters. The third kappa shape index (κ3) is 5.42. The van der Waals surface area contributed by atoms with Gasteiger partial charge in [0.05, 0.1) is 11.6 Å². The molecule has 9 heteroatoms. The topological polar surface area (TPSA) is 79.5 Å². The van der Waals surface area contributed by atoms with Crippen molar-refractivity contribution >= 4 is 56.7 Å². The molecule has 2 rings (SSSR count). The minimum Gasteiger partial charge on any atom is -0.496 e. The fourth-order valence-electron chi connectivity index (χ4n) is 1.83. The normalized spacial score (nSPS) is 9.88. The molecule has 0 unspecified atom stereocenters. The molecule has 2 aromatic rings. The van der Waals surface area contributed by atoms with Gasteiger partial charge in [0.25, 0.3) is 11.8 Å². The van der Waals surface area contributed by atoms with Crippen molar-refractivity contribution in [1.29, 1.82) is 0 Å². The SMILES string of the molecule is COc1ccc(C(=O)NC(=S)NNC(=O)c2cccc(Cl)c2)cc1Br. The molecule has 0 bridgehead atoms. The van der Waals surface area contributed by atoms with E-state index in [0.717, 1.165) is 0 Å². The highest BCUT2D eigenvalue weighted by Crippen LogP contribution is 2.25. The van der Waals surface area contributed by atoms with Crippen LogP contribution in [0.3, 0.4) is 0 Å². The van der Waals surface area contributed by atoms with Gasteiger partial charge < -0.3 is 4.74 Å². The van der Waals surface area contributed by atoms with Gasteiger partial charge in [-0.15, -0.1) is 0 Å². The highest BCUT2D eigenvalue weighted by molar-refractivity contribution is 9.10. The Bertz CT molecular complexity index is 832. The molecule has 3 N–H and O–H groups in total. The number of carbonyl (C=O) groups excluding carboxylic acids is 2. The van der Waals surface area contributed by atoms with Crippen LogP contribution in [0.4, 0.5) is 0 Å². The molecule has 0 spiro atoms. The molecule has 0 aliphatic heterocycles. The molecule has 0 aromatic heterocycles. The highest BCUT2D eigenvalue weighted by Gasteiger charge is 2.11. The van der Waals surface area contributed by atoms with Gasteiger partial charge in [-0.05, 0) is 64.5 Å². The van der Waals surface area contributed by atoms with Gasteiger partial charge in [0.1, 0.15) is 5.75 Å². The number of ether oxygens (including phenoxy) is 1. The summed E-state index contributed by atoms with van der Waals surface area (Å²) >= 11 is 14.1. The molecule has 0 radical (unpaired) electrons. The zero-order valence-electron chi connectivity index (χ0n) is 12.9. The van der Waals surface area contributed by atoms with Crippen molar-refractivity contribution in [1.82, 2.24) is 16.2 Å². The van der Waals surface area contributed by atoms with Gasteiger partial charge in [0.2, 0.25) is 0 Å². The smallest absolute Gasteiger partial charge is 0.269 e. The van der Waals surface area contributed by atoms with Crippen molar-refractivity contribution in [3.8, 4) is 5.75 Å². The van der Waals surface area contributed by atoms with Crippen molar-refractivity contribution in [3.63, 3.8) is 0 Å². The fourth-order valence-corrected chi connectivity index (χ4v) is 2.70. The summed E-state index contributed by atoms with van der Waals surface area (Å²) in [6, 6.07) is 11.3. The van der Waals surface area contributed by atoms with Crippen LogP contribution < -0.4 is 20.9 Å². The summed E-state index contributed by atoms with van der Waals surface area (Å²) in [6.45, 7) is 0. The van der Waals surface area contributed by atoms with Crippen molar-refractivity contribution in [2.75, 3.05) is 7.11 Å². The molecule has 0 aliphatic rings. The maximum Gasteiger partial charge on any atom is 0.269 e. The molecule has 2 aromatic carbocycles. The van der Waals surface area contributed by atoms with Gasteiger partial charge in [-0.3, -0.25) is 25.8 Å². The monoisotopic (exact) mass is 441 g/mol. The molecule has 25 heavy (non-hydrogen) atoms. The van der Waals surface area contributed by atoms with E-state index in [0.29, 0.717) is 26.4 Å². The number of rotatable bonds is 3. The summed E-state index contributed by atoms with van der Waals surface area (Å²) in [7, 11) is 1.53. The Hall–Kier alpha value is -2.16. The van der Waals surface area contributed by atoms with Gasteiger partial charge in [-0.1, -0.05) is 17.7 Å². The number of benzene rings is 2. The third-order valence-corrected chi connectivity index (χ3v) is 4.08. The maximum absolute atomic E-state index is 12.1. The Morgan fingerprint density at radius 1 is 1.08 bits per heavy atom. The van der Waals surface area contributed by atoms with E-state index in [1.807, 2.05) is 0 Å². The maximum atomic E-state index is 12.1. The molecule has 0 fully saturated rings. The zero-order valence-corrected chi connectivity index (χ0v) is 16.1. The molecular weight excluding hydrogens is 430 g/mol. The summed E-state index contributed by atoms with van der Waals surface area (Å²) in [5, 5.41) is 2.85. The lowest BCUT2D eigenvalue weighted by molar-refractivity contribution is 0.0934. The van der Waals surface area contributed by atoms with Crippen molar-refractivity contribution in [2.24, 2.45) is 0 Å². The van der Waals surface area contributed by atoms with Gasteiger partial charge in [0, 0.05) is 16.1 Å². The molecule has 2 amide bonds. The van der Waals surface area contributed by atoms with Gasteiger partial charge in [-0.25, -0.2) is 0 Å². The fraction of sp³-hybridized carbons (Fsp3) is 0.0625. The lowest BCUT2D eigenvalue weighted by atomic mass is 10.2. The Morgan fingerprint density at radius 3 is 2.44 bits per heavy atom. The second kappa shape index (κ2) is 8.80. The van der Waals surface area contributed by atoms with Crippen molar-refractivity contribution < 1.29 is 14.3 Å². The van der Waals surface area contributed by atoms with E-state index in [2.05, 4.69) is 32.1 Å². The molecule has 0 saturated heterocycles. The Kier molecular flexibility index (Phi) is 6.74. The van der Waals surface area contributed by atoms with E-state index < -0.39 is 11.8 Å². The standard InChI is InChI=1S/C16H13BrClN3O3S/c1-24-13-6-5-10(8-12(13)17)14(22)19-16(25)21-20-15(23)9-3-2-4-11(18)7-9/h2-8H,1H3,(H,20,23)(H2,19,21,22,25). The number of nitrogens with one attached hydrogen (secondary N) is 3. The Balaban J connectivity index is 1.90. The summed E-state index contributed by atoms with van der Waals surface area (Å²) in [5.74, 6) is -0.268. The molecule has 0 aliphatic carbocycles. The minimum atomic E-state index is -0.439. The summed E-state index contributed by atoms with van der Waals surface area (Å²) in [5.41, 5.74) is 5.57. The molecule has 0 saturated carbocycles. The number of hydrogen-bond donors (Lipinski definition) is 3. The number of hydrazine groups is 1. The van der Waals surface area contributed by atoms with Crippen LogP contribution in [0.1, 0.15) is 20.7 Å². The molecule has 0 heterocycles. The van der Waals surface area contributed by atoms with E-state index in [1.54, 1.807) is 36.4 Å². The van der Waals surface area contributed by atoms with E-state index in [-0.39, 0.29) is 5.11 Å². The molecular formula is C16H13BrClN3O3S. The van der Waals surface area contributed by atoms with E-state index >= 15 is 0 Å². The first kappa shape index (κ1) is 19.2. The number of halogens is 2. The number of methoxy groups -OCH3 is 1. The van der Waals surface area contributed by atoms with Crippen LogP contribution in [-0.2, 0) is 0 Å². The molecule has 6 nitrogen and oxygen atoms in total. The third-order valence-electron chi connectivity index (χ3n) is 3.02. The lowest BCUT2D eigenvalue weighted by Crippen LogP contribution is -2.48. The lowest BCUT2D eigenvalue weighted by Gasteiger charge is -2.11. The van der Waals surface area contributed by atoms with Crippen LogP contribution in [0.5, 0.6) is 5.75 Å². The first-order chi connectivity index (χ1) is 11.9. The first-order valence-electron chi connectivity index (χ1n) is 6.91. The van der Waals surface area contributed by atoms with Gasteiger partial charge in [-0.2, -0.15) is 0 Å². The van der Waals surface area contributed by atoms with Crippen molar-refractivity contribution in [3.05, 3.63) is 63.1 Å². The first-order valence-corrected chi connectivity index (χ1v) is 8.49. The summed E-state index contributed by atoms with van der Waals surface area (Å²) < 4.78 is 5.74. The highest BCUT2D eigenvalue weighted by atomic mass is 79.9. The number of amides is 2. The van der Waals surface area contributed by atoms with Gasteiger partial charge in [0.15, 0.2) is 5.11 Å². The van der Waals surface area contributed by atoms with E-state index in [4.69, 9.17) is 28.6 Å². The predicted molar refractivity (Wildman–Crippen MR) is 103 cm³/mol. The summed E-state index contributed by atoms with van der Waals surface area (Å²) in [4.78, 5) is 24.1. The summed E-state index contributed by atoms with van der Waals surface area (Å²) in [6.07, 6.45) is 0. The minimum absolute atomic E-state index is 0.0488. The van der Waals surface area contributed by atoms with Crippen LogP contribution in [0.2, 0.25) is 5.02 Å². The number of carbonyl (C=O) groups is 2. The van der Waals surface area contributed by atoms with E-state index in [9.17, 15) is 9.59 Å². The Labute approximate surface area is 163 Å². The van der Waals surface area contributed by atoms with E-state index in [1.165, 1.54) is 13.2 Å². The Morgan fingerprint density at radius 2 is 1.80 bits per heavy atom. The van der Waals surface area contributed by atoms with Crippen LogP contribution >= 0.6 is 39.7 Å². The number of thiocarbonyl (C=S) groups is 1. The second-order valence-corrected chi connectivity index (χ2v) is 6.42. The zero-order chi connectivity index (χ0) is 18.4. The average Bonchev–Trinajstić information content (AvgIpc) is 2.59. The average molecular weight is 443 g/mol. The largest absolute Gasteiger partial charge is 0.496 e. The van der Waals surface area contributed by atoms with Crippen LogP contribution in [0.15, 0.2) is 46.9 Å². The van der Waals surface area contributed by atoms with Crippen LogP contribution in [0, 0.1) is 0 Å². The quantitative estimate of drug-likeness (QED) is 0.503. The van der Waals surface area contributed by atoms with Crippen LogP contribution in [-0.4, -0.2) is 24.0 Å². The predicted octanol–water partition coefficient (Wildman–Crippen LogP) is 3.06. The number of hydrogen-bond acceptors (Lipinski definition) is 4. The van der Waals surface area contributed by atoms with Gasteiger partial charge >= 0.3 is 0 Å². The molecule has 130 valence electrons. The van der Waals surface area contributed by atoms with Crippen molar-refractivity contribution in [2.45, 2.75) is 0 Å².